The quantitative estimate of drug-likeness (QED) is 0.801. The van der Waals surface area contributed by atoms with E-state index in [9.17, 15) is 9.59 Å². The molecule has 0 bridgehead atoms. The maximum absolute atomic E-state index is 12.5. The average molecular weight is 295 g/mol. The standard InChI is InChI=1S/C13H21N5O3/c1-13(2,3)17(5-4-11(19)20)12(21)10-8-18(16-15-10)9-6-14-7-9/h8-9,14H,4-7H2,1-3H3,(H,19,20). The van der Waals surface area contributed by atoms with Crippen LogP contribution in [0, 0.1) is 0 Å². The van der Waals surface area contributed by atoms with E-state index in [-0.39, 0.29) is 30.6 Å². The Morgan fingerprint density at radius 3 is 2.62 bits per heavy atom. The molecule has 116 valence electrons. The third-order valence-corrected chi connectivity index (χ3v) is 3.47. The smallest absolute Gasteiger partial charge is 0.305 e. The van der Waals surface area contributed by atoms with Crippen molar-refractivity contribution >= 4 is 11.9 Å². The molecule has 1 saturated heterocycles. The summed E-state index contributed by atoms with van der Waals surface area (Å²) in [5.41, 5.74) is -0.226. The Hall–Kier alpha value is -1.96. The minimum atomic E-state index is -0.929. The first-order valence-corrected chi connectivity index (χ1v) is 6.95. The van der Waals surface area contributed by atoms with E-state index in [1.54, 1.807) is 10.9 Å². The van der Waals surface area contributed by atoms with E-state index < -0.39 is 11.5 Å². The molecule has 2 rings (SSSR count). The normalized spacial score (nSPS) is 15.6. The number of carbonyl (C=O) groups excluding carboxylic acids is 1. The summed E-state index contributed by atoms with van der Waals surface area (Å²) in [7, 11) is 0. The molecule has 1 aliphatic rings. The number of aliphatic carboxylic acids is 1. The summed E-state index contributed by atoms with van der Waals surface area (Å²) >= 11 is 0. The van der Waals surface area contributed by atoms with E-state index in [0.717, 1.165) is 13.1 Å². The maximum atomic E-state index is 12.5. The second-order valence-corrected chi connectivity index (χ2v) is 6.17. The van der Waals surface area contributed by atoms with Crippen LogP contribution in [0.15, 0.2) is 6.20 Å². The summed E-state index contributed by atoms with van der Waals surface area (Å²) in [6.45, 7) is 7.39. The summed E-state index contributed by atoms with van der Waals surface area (Å²) in [6, 6.07) is 0.237. The predicted octanol–water partition coefficient (Wildman–Crippen LogP) is 0.138. The molecule has 1 amide bonds. The zero-order chi connectivity index (χ0) is 15.6. The van der Waals surface area contributed by atoms with Gasteiger partial charge in [0.15, 0.2) is 5.69 Å². The Kier molecular flexibility index (Phi) is 4.26. The summed E-state index contributed by atoms with van der Waals surface area (Å²) in [5, 5.41) is 19.9. The Bertz CT molecular complexity index is 530. The van der Waals surface area contributed by atoms with Gasteiger partial charge in [0.2, 0.25) is 0 Å². The lowest BCUT2D eigenvalue weighted by Crippen LogP contribution is -2.46. The van der Waals surface area contributed by atoms with Crippen molar-refractivity contribution in [3.05, 3.63) is 11.9 Å². The Morgan fingerprint density at radius 1 is 1.48 bits per heavy atom. The van der Waals surface area contributed by atoms with E-state index in [1.165, 1.54) is 4.90 Å². The number of nitrogens with one attached hydrogen (secondary N) is 1. The molecule has 0 aromatic carbocycles. The molecule has 0 aliphatic carbocycles. The second kappa shape index (κ2) is 5.80. The highest BCUT2D eigenvalue weighted by Crippen LogP contribution is 2.18. The molecule has 8 heteroatoms. The van der Waals surface area contributed by atoms with Crippen molar-refractivity contribution < 1.29 is 14.7 Å². The fourth-order valence-corrected chi connectivity index (χ4v) is 2.10. The van der Waals surface area contributed by atoms with Crippen molar-refractivity contribution in [2.75, 3.05) is 19.6 Å². The van der Waals surface area contributed by atoms with Gasteiger partial charge in [-0.05, 0) is 20.8 Å². The lowest BCUT2D eigenvalue weighted by Gasteiger charge is -2.34. The van der Waals surface area contributed by atoms with E-state index in [0.29, 0.717) is 0 Å². The van der Waals surface area contributed by atoms with E-state index in [2.05, 4.69) is 15.6 Å². The summed E-state index contributed by atoms with van der Waals surface area (Å²) < 4.78 is 1.68. The van der Waals surface area contributed by atoms with Crippen LogP contribution < -0.4 is 5.32 Å². The summed E-state index contributed by atoms with van der Waals surface area (Å²) in [4.78, 5) is 24.8. The van der Waals surface area contributed by atoms with Crippen LogP contribution in [0.4, 0.5) is 0 Å². The number of hydrogen-bond donors (Lipinski definition) is 2. The number of carbonyl (C=O) groups is 2. The number of aromatic nitrogens is 3. The fourth-order valence-electron chi connectivity index (χ4n) is 2.10. The average Bonchev–Trinajstić information content (AvgIpc) is 2.73. The van der Waals surface area contributed by atoms with Gasteiger partial charge in [-0.25, -0.2) is 4.68 Å². The molecule has 1 aromatic rings. The van der Waals surface area contributed by atoms with Crippen LogP contribution in [0.25, 0.3) is 0 Å². The van der Waals surface area contributed by atoms with Crippen molar-refractivity contribution in [2.24, 2.45) is 0 Å². The van der Waals surface area contributed by atoms with Crippen LogP contribution in [-0.4, -0.2) is 62.0 Å². The van der Waals surface area contributed by atoms with Crippen LogP contribution in [0.2, 0.25) is 0 Å². The minimum Gasteiger partial charge on any atom is -0.481 e. The SMILES string of the molecule is CC(C)(C)N(CCC(=O)O)C(=O)c1cn(C2CNC2)nn1. The van der Waals surface area contributed by atoms with Crippen LogP contribution in [-0.2, 0) is 4.79 Å². The van der Waals surface area contributed by atoms with E-state index in [1.807, 2.05) is 20.8 Å². The summed E-state index contributed by atoms with van der Waals surface area (Å²) in [6.07, 6.45) is 1.54. The zero-order valence-electron chi connectivity index (χ0n) is 12.5. The van der Waals surface area contributed by atoms with Gasteiger partial charge in [0.25, 0.3) is 5.91 Å². The van der Waals surface area contributed by atoms with Crippen molar-refractivity contribution in [3.8, 4) is 0 Å². The molecule has 0 saturated carbocycles. The molecule has 0 unspecified atom stereocenters. The number of hydrogen-bond acceptors (Lipinski definition) is 5. The second-order valence-electron chi connectivity index (χ2n) is 6.17. The Balaban J connectivity index is 2.12. The molecule has 1 fully saturated rings. The topological polar surface area (TPSA) is 100 Å². The molecule has 2 heterocycles. The highest BCUT2D eigenvalue weighted by Gasteiger charge is 2.30. The third-order valence-electron chi connectivity index (χ3n) is 3.47. The third kappa shape index (κ3) is 3.57. The highest BCUT2D eigenvalue weighted by atomic mass is 16.4. The van der Waals surface area contributed by atoms with Gasteiger partial charge in [0.05, 0.1) is 18.7 Å². The van der Waals surface area contributed by atoms with E-state index in [4.69, 9.17) is 5.11 Å². The maximum Gasteiger partial charge on any atom is 0.305 e. The van der Waals surface area contributed by atoms with Gasteiger partial charge in [-0.2, -0.15) is 0 Å². The van der Waals surface area contributed by atoms with Gasteiger partial charge >= 0.3 is 5.97 Å². The zero-order valence-corrected chi connectivity index (χ0v) is 12.5. The van der Waals surface area contributed by atoms with Crippen LogP contribution in [0.5, 0.6) is 0 Å². The number of nitrogens with zero attached hydrogens (tertiary/aromatic N) is 4. The van der Waals surface area contributed by atoms with Crippen LogP contribution >= 0.6 is 0 Å². The molecule has 21 heavy (non-hydrogen) atoms. The molecule has 1 aliphatic heterocycles. The molecular formula is C13H21N5O3. The van der Waals surface area contributed by atoms with Crippen LogP contribution in [0.1, 0.15) is 43.7 Å². The lowest BCUT2D eigenvalue weighted by atomic mass is 10.0. The number of rotatable bonds is 5. The van der Waals surface area contributed by atoms with E-state index >= 15 is 0 Å². The highest BCUT2D eigenvalue weighted by molar-refractivity contribution is 5.92. The summed E-state index contributed by atoms with van der Waals surface area (Å²) in [5.74, 6) is -1.22. The van der Waals surface area contributed by atoms with Gasteiger partial charge in [-0.3, -0.25) is 9.59 Å². The molecule has 1 aromatic heterocycles. The molecule has 0 radical (unpaired) electrons. The molecular weight excluding hydrogens is 274 g/mol. The van der Waals surface area contributed by atoms with Crippen molar-refractivity contribution in [3.63, 3.8) is 0 Å². The first kappa shape index (κ1) is 15.4. The number of carboxylic acid groups (broad SMARTS) is 1. The minimum absolute atomic E-state index is 0.0936. The van der Waals surface area contributed by atoms with Gasteiger partial charge in [-0.15, -0.1) is 5.10 Å². The largest absolute Gasteiger partial charge is 0.481 e. The van der Waals surface area contributed by atoms with Gasteiger partial charge in [0, 0.05) is 25.2 Å². The first-order chi connectivity index (χ1) is 9.79. The van der Waals surface area contributed by atoms with Crippen molar-refractivity contribution in [1.29, 1.82) is 0 Å². The van der Waals surface area contributed by atoms with Crippen LogP contribution in [0.3, 0.4) is 0 Å². The first-order valence-electron chi connectivity index (χ1n) is 6.95. The predicted molar refractivity (Wildman–Crippen MR) is 75.0 cm³/mol. The van der Waals surface area contributed by atoms with Gasteiger partial charge in [-0.1, -0.05) is 5.21 Å². The van der Waals surface area contributed by atoms with Crippen molar-refractivity contribution in [1.82, 2.24) is 25.2 Å². The fraction of sp³-hybridized carbons (Fsp3) is 0.692. The lowest BCUT2D eigenvalue weighted by molar-refractivity contribution is -0.137. The van der Waals surface area contributed by atoms with Crippen molar-refractivity contribution in [2.45, 2.75) is 38.8 Å². The van der Waals surface area contributed by atoms with Gasteiger partial charge < -0.3 is 15.3 Å². The van der Waals surface area contributed by atoms with Gasteiger partial charge in [0.1, 0.15) is 0 Å². The number of carboxylic acids is 1. The Labute approximate surface area is 123 Å². The molecule has 0 atom stereocenters. The molecule has 2 N–H and O–H groups in total. The number of amides is 1. The molecule has 8 nitrogen and oxygen atoms in total. The molecule has 0 spiro atoms. The monoisotopic (exact) mass is 295 g/mol. The Morgan fingerprint density at radius 2 is 2.14 bits per heavy atom.